The molecule has 0 aromatic rings. The molecule has 0 aliphatic heterocycles. The van der Waals surface area contributed by atoms with Crippen molar-refractivity contribution in [3.8, 4) is 0 Å². The van der Waals surface area contributed by atoms with E-state index < -0.39 is 17.5 Å². The second-order valence-corrected chi connectivity index (χ2v) is 11.5. The van der Waals surface area contributed by atoms with Gasteiger partial charge in [-0.05, 0) is 86.7 Å². The fraction of sp³-hybridized carbons (Fsp3) is 0.818. The van der Waals surface area contributed by atoms with Crippen molar-refractivity contribution in [2.75, 3.05) is 6.26 Å². The first kappa shape index (κ1) is 20.7. The van der Waals surface area contributed by atoms with Gasteiger partial charge in [0.05, 0.1) is 11.5 Å². The number of aliphatic hydroxyl groups excluding tert-OH is 1. The standard InChI is InChI=1S/C22H32O4S2/c1-12-13-10-14(26-19(27)28-4)16-20(2)7-5-8-21(3,18(24)25)15(20)6-9-22(16,11-13)17(12)23/h13-17,23H,1,5-11H2,2-4H3,(H,24,25)/t13-,14+,15?,16?,17-,20-,21-,22+/m1/s1. The van der Waals surface area contributed by atoms with E-state index in [1.54, 1.807) is 0 Å². The fourth-order valence-electron chi connectivity index (χ4n) is 7.98. The van der Waals surface area contributed by atoms with Gasteiger partial charge in [-0.2, -0.15) is 0 Å². The monoisotopic (exact) mass is 424 g/mol. The molecule has 6 heteroatoms. The van der Waals surface area contributed by atoms with Crippen LogP contribution in [0.2, 0.25) is 0 Å². The third-order valence-corrected chi connectivity index (χ3v) is 10.1. The smallest absolute Gasteiger partial charge is 0.309 e. The van der Waals surface area contributed by atoms with Gasteiger partial charge in [0.2, 0.25) is 4.38 Å². The number of fused-ring (bicyclic) bond motifs is 3. The lowest BCUT2D eigenvalue weighted by Gasteiger charge is -2.64. The lowest BCUT2D eigenvalue weighted by atomic mass is 9.40. The summed E-state index contributed by atoms with van der Waals surface area (Å²) in [7, 11) is 0. The van der Waals surface area contributed by atoms with Crippen LogP contribution in [0.5, 0.6) is 0 Å². The zero-order chi connectivity index (χ0) is 20.5. The number of ether oxygens (including phenoxy) is 1. The molecule has 2 bridgehead atoms. The third kappa shape index (κ3) is 2.59. The van der Waals surface area contributed by atoms with Crippen molar-refractivity contribution in [1.82, 2.24) is 0 Å². The topological polar surface area (TPSA) is 66.8 Å². The molecule has 0 heterocycles. The molecule has 4 fully saturated rings. The summed E-state index contributed by atoms with van der Waals surface area (Å²) in [5.41, 5.74) is -0.194. The highest BCUT2D eigenvalue weighted by atomic mass is 32.2. The van der Waals surface area contributed by atoms with Crippen LogP contribution in [0.4, 0.5) is 0 Å². The van der Waals surface area contributed by atoms with Crippen LogP contribution in [0, 0.1) is 34.0 Å². The summed E-state index contributed by atoms with van der Waals surface area (Å²) in [6, 6.07) is 0. The molecule has 2 unspecified atom stereocenters. The van der Waals surface area contributed by atoms with Gasteiger partial charge in [-0.3, -0.25) is 4.79 Å². The largest absolute Gasteiger partial charge is 0.481 e. The molecule has 4 rings (SSSR count). The van der Waals surface area contributed by atoms with Crippen molar-refractivity contribution >= 4 is 34.3 Å². The summed E-state index contributed by atoms with van der Waals surface area (Å²) in [6.45, 7) is 8.46. The summed E-state index contributed by atoms with van der Waals surface area (Å²) in [6.07, 6.45) is 7.45. The van der Waals surface area contributed by atoms with E-state index in [-0.39, 0.29) is 34.7 Å². The first-order valence-electron chi connectivity index (χ1n) is 10.4. The van der Waals surface area contributed by atoms with Crippen molar-refractivity contribution in [3.05, 3.63) is 12.2 Å². The second-order valence-electron chi connectivity index (χ2n) is 10.1. The molecule has 4 aliphatic carbocycles. The Bertz CT molecular complexity index is 723. The first-order chi connectivity index (χ1) is 13.1. The van der Waals surface area contributed by atoms with E-state index in [4.69, 9.17) is 17.0 Å². The number of aliphatic carboxylic acids is 1. The number of aliphatic hydroxyl groups is 1. The molecule has 28 heavy (non-hydrogen) atoms. The Morgan fingerprint density at radius 3 is 2.68 bits per heavy atom. The highest BCUT2D eigenvalue weighted by Crippen LogP contribution is 2.72. The average molecular weight is 425 g/mol. The third-order valence-electron chi connectivity index (χ3n) is 9.04. The van der Waals surface area contributed by atoms with Crippen molar-refractivity contribution in [2.24, 2.45) is 34.0 Å². The average Bonchev–Trinajstić information content (AvgIpc) is 2.82. The van der Waals surface area contributed by atoms with Crippen LogP contribution in [-0.4, -0.2) is 39.0 Å². The molecule has 156 valence electrons. The SMILES string of the molecule is C=C1[C@@H]2C[C@H](OC(=S)SC)C3[C@]4(C)CCC[C@@](C)(C(=O)O)C4CC[C@@]3(C2)[C@@H]1O. The molecule has 0 aromatic carbocycles. The Morgan fingerprint density at radius 1 is 1.32 bits per heavy atom. The van der Waals surface area contributed by atoms with Gasteiger partial charge in [-0.15, -0.1) is 0 Å². The van der Waals surface area contributed by atoms with Gasteiger partial charge in [-0.1, -0.05) is 31.7 Å². The number of thiocarbonyl (C=S) groups is 1. The molecule has 2 N–H and O–H groups in total. The second kappa shape index (κ2) is 6.71. The lowest BCUT2D eigenvalue weighted by Crippen LogP contribution is -2.63. The normalized spacial score (nSPS) is 49.9. The molecule has 0 aromatic heterocycles. The van der Waals surface area contributed by atoms with E-state index in [2.05, 4.69) is 13.5 Å². The highest BCUT2D eigenvalue weighted by molar-refractivity contribution is 8.22. The number of carboxylic acids is 1. The maximum Gasteiger partial charge on any atom is 0.309 e. The number of carboxylic acid groups (broad SMARTS) is 1. The van der Waals surface area contributed by atoms with Gasteiger partial charge >= 0.3 is 5.97 Å². The number of thioether (sulfide) groups is 1. The predicted molar refractivity (Wildman–Crippen MR) is 115 cm³/mol. The summed E-state index contributed by atoms with van der Waals surface area (Å²) in [5, 5.41) is 21.4. The molecule has 0 saturated heterocycles. The van der Waals surface area contributed by atoms with Gasteiger partial charge in [-0.25, -0.2) is 0 Å². The molecule has 4 nitrogen and oxygen atoms in total. The van der Waals surface area contributed by atoms with E-state index in [0.717, 1.165) is 50.5 Å². The van der Waals surface area contributed by atoms with E-state index in [0.29, 0.717) is 4.38 Å². The van der Waals surface area contributed by atoms with E-state index >= 15 is 0 Å². The molecule has 0 radical (unpaired) electrons. The van der Waals surface area contributed by atoms with Crippen LogP contribution >= 0.6 is 24.0 Å². The van der Waals surface area contributed by atoms with E-state index in [1.807, 2.05) is 13.2 Å². The Kier molecular flexibility index (Phi) is 4.95. The van der Waals surface area contributed by atoms with E-state index in [9.17, 15) is 15.0 Å². The van der Waals surface area contributed by atoms with Crippen molar-refractivity contribution in [1.29, 1.82) is 0 Å². The number of rotatable bonds is 2. The van der Waals surface area contributed by atoms with Crippen LogP contribution in [-0.2, 0) is 9.53 Å². The summed E-state index contributed by atoms with van der Waals surface area (Å²) < 4.78 is 6.87. The minimum Gasteiger partial charge on any atom is -0.481 e. The molecule has 4 saturated carbocycles. The van der Waals surface area contributed by atoms with Gasteiger partial charge in [0.1, 0.15) is 6.10 Å². The van der Waals surface area contributed by atoms with Gasteiger partial charge in [0.15, 0.2) is 0 Å². The van der Waals surface area contributed by atoms with Gasteiger partial charge in [0, 0.05) is 11.3 Å². The maximum absolute atomic E-state index is 12.3. The Labute approximate surface area is 177 Å². The van der Waals surface area contributed by atoms with Crippen molar-refractivity contribution < 1.29 is 19.7 Å². The molecular formula is C22H32O4S2. The maximum atomic E-state index is 12.3. The van der Waals surface area contributed by atoms with Crippen LogP contribution in [0.1, 0.15) is 58.8 Å². The summed E-state index contributed by atoms with van der Waals surface area (Å²) in [4.78, 5) is 12.3. The number of carbonyl (C=O) groups is 1. The Balaban J connectivity index is 1.82. The van der Waals surface area contributed by atoms with Crippen LogP contribution in [0.15, 0.2) is 12.2 Å². The van der Waals surface area contributed by atoms with Gasteiger partial charge in [0.25, 0.3) is 0 Å². The van der Waals surface area contributed by atoms with Crippen molar-refractivity contribution in [3.63, 3.8) is 0 Å². The van der Waals surface area contributed by atoms with Gasteiger partial charge < -0.3 is 14.9 Å². The van der Waals surface area contributed by atoms with E-state index in [1.165, 1.54) is 11.8 Å². The minimum atomic E-state index is -0.712. The minimum absolute atomic E-state index is 0.0726. The molecule has 4 aliphatic rings. The first-order valence-corrected chi connectivity index (χ1v) is 12.1. The lowest BCUT2D eigenvalue weighted by molar-refractivity contribution is -0.209. The Hall–Kier alpha value is -0.590. The fourth-order valence-corrected chi connectivity index (χ4v) is 8.32. The zero-order valence-electron chi connectivity index (χ0n) is 17.1. The van der Waals surface area contributed by atoms with Crippen LogP contribution in [0.3, 0.4) is 0 Å². The van der Waals surface area contributed by atoms with Crippen LogP contribution in [0.25, 0.3) is 0 Å². The molecular weight excluding hydrogens is 392 g/mol. The Morgan fingerprint density at radius 2 is 2.04 bits per heavy atom. The van der Waals surface area contributed by atoms with Crippen LogP contribution < -0.4 is 0 Å². The number of hydrogen-bond acceptors (Lipinski definition) is 5. The zero-order valence-corrected chi connectivity index (χ0v) is 18.7. The molecule has 1 spiro atoms. The number of hydrogen-bond donors (Lipinski definition) is 2. The molecule has 0 amide bonds. The quantitative estimate of drug-likeness (QED) is 0.497. The molecule has 8 atom stereocenters. The summed E-state index contributed by atoms with van der Waals surface area (Å²) >= 11 is 6.86. The van der Waals surface area contributed by atoms with Crippen molar-refractivity contribution in [2.45, 2.75) is 71.0 Å². The predicted octanol–water partition coefficient (Wildman–Crippen LogP) is 4.65. The highest BCUT2D eigenvalue weighted by Gasteiger charge is 2.70. The summed E-state index contributed by atoms with van der Waals surface area (Å²) in [5.74, 6) is -0.209.